The highest BCUT2D eigenvalue weighted by atomic mass is 16.4. The Morgan fingerprint density at radius 3 is 2.18 bits per heavy atom. The van der Waals surface area contributed by atoms with Gasteiger partial charge in [0.05, 0.1) is 12.5 Å². The Balaban J connectivity index is 2.23. The SMILES string of the molecule is NC(=O)CC(NC(=O)C(Cc1ccc(O)cc1)NC(=O)C(CCCN=C(N)N)NC(=O)C1CCCN1)C(=O)O. The molecule has 4 amide bonds. The van der Waals surface area contributed by atoms with Gasteiger partial charge in [0, 0.05) is 13.0 Å². The zero-order chi connectivity index (χ0) is 28.9. The zero-order valence-corrected chi connectivity index (χ0v) is 21.4. The third kappa shape index (κ3) is 10.9. The van der Waals surface area contributed by atoms with E-state index in [2.05, 4.69) is 26.3 Å². The topological polar surface area (TPSA) is 264 Å². The second kappa shape index (κ2) is 15.1. The number of nitrogens with one attached hydrogen (secondary N) is 4. The van der Waals surface area contributed by atoms with Crippen LogP contribution >= 0.6 is 0 Å². The Bertz CT molecular complexity index is 1050. The average Bonchev–Trinajstić information content (AvgIpc) is 3.41. The van der Waals surface area contributed by atoms with E-state index in [1.54, 1.807) is 0 Å². The highest BCUT2D eigenvalue weighted by Crippen LogP contribution is 2.13. The largest absolute Gasteiger partial charge is 0.508 e. The zero-order valence-electron chi connectivity index (χ0n) is 21.4. The van der Waals surface area contributed by atoms with Crippen molar-refractivity contribution < 1.29 is 34.2 Å². The van der Waals surface area contributed by atoms with E-state index in [0.717, 1.165) is 6.42 Å². The predicted molar refractivity (Wildman–Crippen MR) is 140 cm³/mol. The van der Waals surface area contributed by atoms with E-state index in [0.29, 0.717) is 24.9 Å². The molecular formula is C24H36N8O7. The fourth-order valence-electron chi connectivity index (χ4n) is 3.98. The van der Waals surface area contributed by atoms with Crippen molar-refractivity contribution in [3.05, 3.63) is 29.8 Å². The van der Waals surface area contributed by atoms with Crippen LogP contribution in [0.15, 0.2) is 29.3 Å². The number of carbonyl (C=O) groups is 5. The maximum Gasteiger partial charge on any atom is 0.326 e. The number of rotatable bonds is 15. The number of nitrogens with zero attached hydrogens (tertiary/aromatic N) is 1. The fourth-order valence-corrected chi connectivity index (χ4v) is 3.98. The van der Waals surface area contributed by atoms with Gasteiger partial charge in [-0.15, -0.1) is 0 Å². The lowest BCUT2D eigenvalue weighted by atomic mass is 10.0. The number of carbonyl (C=O) groups excluding carboxylic acids is 4. The van der Waals surface area contributed by atoms with E-state index >= 15 is 0 Å². The van der Waals surface area contributed by atoms with Crippen molar-refractivity contribution in [2.75, 3.05) is 13.1 Å². The molecule has 15 heteroatoms. The van der Waals surface area contributed by atoms with Crippen molar-refractivity contribution in [1.82, 2.24) is 21.3 Å². The van der Waals surface area contributed by atoms with Gasteiger partial charge >= 0.3 is 5.97 Å². The molecule has 0 spiro atoms. The maximum atomic E-state index is 13.3. The number of aliphatic imine (C=N–C) groups is 1. The molecule has 4 atom stereocenters. The van der Waals surface area contributed by atoms with Crippen LogP contribution in [0.5, 0.6) is 5.75 Å². The van der Waals surface area contributed by atoms with E-state index in [1.165, 1.54) is 24.3 Å². The third-order valence-corrected chi connectivity index (χ3v) is 5.98. The van der Waals surface area contributed by atoms with Crippen LogP contribution in [0.25, 0.3) is 0 Å². The Labute approximate surface area is 225 Å². The van der Waals surface area contributed by atoms with Gasteiger partial charge in [-0.25, -0.2) is 4.79 Å². The molecule has 1 fully saturated rings. The number of phenolic OH excluding ortho intramolecular Hbond substituents is 1. The number of phenols is 1. The van der Waals surface area contributed by atoms with Gasteiger partial charge in [0.1, 0.15) is 23.9 Å². The summed E-state index contributed by atoms with van der Waals surface area (Å²) in [5, 5.41) is 29.5. The van der Waals surface area contributed by atoms with Crippen LogP contribution in [-0.2, 0) is 30.4 Å². The quantitative estimate of drug-likeness (QED) is 0.0615. The molecule has 1 aliphatic heterocycles. The first kappa shape index (κ1) is 30.8. The van der Waals surface area contributed by atoms with Crippen LogP contribution in [-0.4, -0.2) is 83.0 Å². The number of amides is 4. The van der Waals surface area contributed by atoms with Gasteiger partial charge in [-0.2, -0.15) is 0 Å². The molecule has 1 heterocycles. The molecule has 1 aromatic carbocycles. The van der Waals surface area contributed by atoms with Gasteiger partial charge in [-0.05, 0) is 49.9 Å². The molecular weight excluding hydrogens is 512 g/mol. The monoisotopic (exact) mass is 548 g/mol. The summed E-state index contributed by atoms with van der Waals surface area (Å²) < 4.78 is 0. The van der Waals surface area contributed by atoms with Gasteiger partial charge in [0.2, 0.25) is 23.6 Å². The van der Waals surface area contributed by atoms with Crippen molar-refractivity contribution in [3.8, 4) is 5.75 Å². The van der Waals surface area contributed by atoms with E-state index in [-0.39, 0.29) is 37.0 Å². The Morgan fingerprint density at radius 2 is 1.62 bits per heavy atom. The molecule has 12 N–H and O–H groups in total. The molecule has 0 bridgehead atoms. The smallest absolute Gasteiger partial charge is 0.326 e. The van der Waals surface area contributed by atoms with Crippen LogP contribution in [0.1, 0.15) is 37.7 Å². The highest BCUT2D eigenvalue weighted by molar-refractivity contribution is 5.95. The van der Waals surface area contributed by atoms with Crippen molar-refractivity contribution in [2.45, 2.75) is 62.7 Å². The first-order chi connectivity index (χ1) is 18.5. The summed E-state index contributed by atoms with van der Waals surface area (Å²) in [5.74, 6) is -4.50. The van der Waals surface area contributed by atoms with Crippen LogP contribution in [0, 0.1) is 0 Å². The normalized spacial score (nSPS) is 16.8. The summed E-state index contributed by atoms with van der Waals surface area (Å²) >= 11 is 0. The van der Waals surface area contributed by atoms with E-state index in [9.17, 15) is 34.2 Å². The summed E-state index contributed by atoms with van der Waals surface area (Å²) in [6.07, 6.45) is 1.16. The fraction of sp³-hybridized carbons (Fsp3) is 0.500. The number of hydrogen-bond acceptors (Lipinski definition) is 8. The number of primary amides is 1. The van der Waals surface area contributed by atoms with Crippen LogP contribution in [0.4, 0.5) is 0 Å². The van der Waals surface area contributed by atoms with Crippen LogP contribution < -0.4 is 38.5 Å². The minimum atomic E-state index is -1.61. The van der Waals surface area contributed by atoms with Gasteiger partial charge in [0.25, 0.3) is 0 Å². The maximum absolute atomic E-state index is 13.3. The number of nitrogens with two attached hydrogens (primary N) is 3. The molecule has 1 aliphatic rings. The number of aliphatic carboxylic acids is 1. The minimum Gasteiger partial charge on any atom is -0.508 e. The van der Waals surface area contributed by atoms with Crippen LogP contribution in [0.3, 0.4) is 0 Å². The molecule has 214 valence electrons. The number of carboxylic acids is 1. The molecule has 2 rings (SSSR count). The number of aromatic hydroxyl groups is 1. The van der Waals surface area contributed by atoms with Crippen molar-refractivity contribution >= 4 is 35.6 Å². The standard InChI is InChI=1S/C24H36N8O7/c25-19(34)12-18(23(38)39)32-22(37)17(11-13-5-7-14(33)8-6-13)31-21(36)16(4-2-10-29-24(26)27)30-20(35)15-3-1-9-28-15/h5-8,15-18,28,33H,1-4,9-12H2,(H2,25,34)(H,30,35)(H,31,36)(H,32,37)(H,38,39)(H4,26,27,29). The molecule has 15 nitrogen and oxygen atoms in total. The lowest BCUT2D eigenvalue weighted by Crippen LogP contribution is -2.57. The Hall–Kier alpha value is -4.40. The molecule has 4 unspecified atom stereocenters. The molecule has 1 saturated heterocycles. The number of hydrogen-bond donors (Lipinski definition) is 9. The number of guanidine groups is 1. The van der Waals surface area contributed by atoms with Crippen LogP contribution in [0.2, 0.25) is 0 Å². The van der Waals surface area contributed by atoms with Crippen molar-refractivity contribution in [1.29, 1.82) is 0 Å². The summed E-state index contributed by atoms with van der Waals surface area (Å²) in [6, 6.07) is 1.42. The highest BCUT2D eigenvalue weighted by Gasteiger charge is 2.32. The molecule has 0 saturated carbocycles. The molecule has 0 aliphatic carbocycles. The van der Waals surface area contributed by atoms with Gasteiger partial charge < -0.3 is 48.7 Å². The van der Waals surface area contributed by atoms with Gasteiger partial charge in [0.15, 0.2) is 5.96 Å². The minimum absolute atomic E-state index is 0.0136. The number of carboxylic acid groups (broad SMARTS) is 1. The molecule has 0 aromatic heterocycles. The molecule has 0 radical (unpaired) electrons. The third-order valence-electron chi connectivity index (χ3n) is 5.98. The van der Waals surface area contributed by atoms with E-state index < -0.39 is 54.3 Å². The average molecular weight is 549 g/mol. The summed E-state index contributed by atoms with van der Waals surface area (Å²) in [6.45, 7) is 0.874. The summed E-state index contributed by atoms with van der Waals surface area (Å²) in [5.41, 5.74) is 16.3. The van der Waals surface area contributed by atoms with Gasteiger partial charge in [-0.3, -0.25) is 24.2 Å². The predicted octanol–water partition coefficient (Wildman–Crippen LogP) is -2.85. The lowest BCUT2D eigenvalue weighted by molar-refractivity contribution is -0.143. The summed E-state index contributed by atoms with van der Waals surface area (Å²) in [4.78, 5) is 65.9. The second-order valence-corrected chi connectivity index (χ2v) is 9.16. The Morgan fingerprint density at radius 1 is 0.974 bits per heavy atom. The van der Waals surface area contributed by atoms with Crippen molar-refractivity contribution in [3.63, 3.8) is 0 Å². The lowest BCUT2D eigenvalue weighted by Gasteiger charge is -2.25. The first-order valence-corrected chi connectivity index (χ1v) is 12.4. The first-order valence-electron chi connectivity index (χ1n) is 12.4. The summed E-state index contributed by atoms with van der Waals surface area (Å²) in [7, 11) is 0. The molecule has 39 heavy (non-hydrogen) atoms. The number of benzene rings is 1. The molecule has 1 aromatic rings. The Kier molecular flexibility index (Phi) is 11.9. The van der Waals surface area contributed by atoms with Gasteiger partial charge in [-0.1, -0.05) is 12.1 Å². The second-order valence-electron chi connectivity index (χ2n) is 9.16. The van der Waals surface area contributed by atoms with E-state index in [1.807, 2.05) is 0 Å². The van der Waals surface area contributed by atoms with Crippen molar-refractivity contribution in [2.24, 2.45) is 22.2 Å². The van der Waals surface area contributed by atoms with E-state index in [4.69, 9.17) is 17.2 Å².